The molecule has 0 amide bonds. The van der Waals surface area contributed by atoms with Crippen LogP contribution in [0.2, 0.25) is 0 Å². The molecule has 0 saturated heterocycles. The second-order valence-electron chi connectivity index (χ2n) is 4.58. The van der Waals surface area contributed by atoms with Crippen molar-refractivity contribution in [2.24, 2.45) is 0 Å². The number of hydrogen-bond donors (Lipinski definition) is 0. The Morgan fingerprint density at radius 3 is 2.60 bits per heavy atom. The van der Waals surface area contributed by atoms with Crippen LogP contribution in [0.4, 0.5) is 0 Å². The normalized spacial score (nSPS) is 17.1. The molecule has 15 heavy (non-hydrogen) atoms. The highest BCUT2D eigenvalue weighted by molar-refractivity contribution is 9.10. The molecule has 2 rings (SSSR count). The van der Waals surface area contributed by atoms with Crippen molar-refractivity contribution in [3.05, 3.63) is 33.3 Å². The van der Waals surface area contributed by atoms with Gasteiger partial charge >= 0.3 is 0 Å². The third-order valence-corrected chi connectivity index (χ3v) is 3.94. The number of ether oxygens (including phenoxy) is 1. The largest absolute Gasteiger partial charge is 0.483 e. The van der Waals surface area contributed by atoms with Gasteiger partial charge in [0, 0.05) is 10.0 Å². The number of fused-ring (bicyclic) bond motifs is 1. The minimum Gasteiger partial charge on any atom is -0.483 e. The summed E-state index contributed by atoms with van der Waals surface area (Å²) in [5, 5.41) is 0. The van der Waals surface area contributed by atoms with Gasteiger partial charge in [0.05, 0.1) is 0 Å². The molecule has 1 nitrogen and oxygen atoms in total. The molecule has 0 spiro atoms. The molecule has 0 aliphatic carbocycles. The van der Waals surface area contributed by atoms with Gasteiger partial charge in [0.25, 0.3) is 0 Å². The molecule has 1 aliphatic heterocycles. The lowest BCUT2D eigenvalue weighted by Crippen LogP contribution is -2.27. The number of rotatable bonds is 0. The molecule has 80 valence electrons. The maximum absolute atomic E-state index is 5.93. The van der Waals surface area contributed by atoms with E-state index in [9.17, 15) is 0 Å². The smallest absolute Gasteiger partial charge is 0.128 e. The lowest BCUT2D eigenvalue weighted by atomic mass is 9.97. The van der Waals surface area contributed by atoms with Crippen LogP contribution in [-0.2, 0) is 0 Å². The molecule has 1 heterocycles. The van der Waals surface area contributed by atoms with Crippen LogP contribution in [0.5, 0.6) is 5.75 Å². The molecule has 1 aromatic rings. The summed E-state index contributed by atoms with van der Waals surface area (Å²) in [6.07, 6.45) is 4.25. The van der Waals surface area contributed by atoms with Gasteiger partial charge in [0.2, 0.25) is 0 Å². The summed E-state index contributed by atoms with van der Waals surface area (Å²) in [5.41, 5.74) is 3.46. The number of halogens is 1. The highest BCUT2D eigenvalue weighted by Crippen LogP contribution is 2.37. The van der Waals surface area contributed by atoms with E-state index in [0.717, 1.165) is 5.75 Å². The maximum atomic E-state index is 5.93. The van der Waals surface area contributed by atoms with E-state index in [4.69, 9.17) is 4.74 Å². The quantitative estimate of drug-likeness (QED) is 0.682. The van der Waals surface area contributed by atoms with Crippen molar-refractivity contribution in [2.75, 3.05) is 0 Å². The molecule has 0 N–H and O–H groups in total. The Hall–Kier alpha value is -0.760. The van der Waals surface area contributed by atoms with Crippen molar-refractivity contribution in [3.63, 3.8) is 0 Å². The zero-order valence-electron chi connectivity index (χ0n) is 9.52. The van der Waals surface area contributed by atoms with E-state index in [1.54, 1.807) is 0 Å². The van der Waals surface area contributed by atoms with Crippen LogP contribution in [0.25, 0.3) is 6.08 Å². The zero-order chi connectivity index (χ0) is 11.2. The first-order valence-electron chi connectivity index (χ1n) is 5.09. The van der Waals surface area contributed by atoms with Crippen molar-refractivity contribution in [3.8, 4) is 5.75 Å². The third kappa shape index (κ3) is 1.83. The molecule has 0 aromatic heterocycles. The van der Waals surface area contributed by atoms with Crippen LogP contribution < -0.4 is 4.74 Å². The molecular formula is C13H15BrO. The summed E-state index contributed by atoms with van der Waals surface area (Å²) in [6.45, 7) is 8.34. The highest BCUT2D eigenvalue weighted by Gasteiger charge is 2.23. The highest BCUT2D eigenvalue weighted by atomic mass is 79.9. The molecule has 0 fully saturated rings. The van der Waals surface area contributed by atoms with Crippen molar-refractivity contribution >= 4 is 22.0 Å². The maximum Gasteiger partial charge on any atom is 0.128 e. The summed E-state index contributed by atoms with van der Waals surface area (Å²) in [4.78, 5) is 0. The van der Waals surface area contributed by atoms with E-state index in [-0.39, 0.29) is 5.60 Å². The van der Waals surface area contributed by atoms with E-state index >= 15 is 0 Å². The topological polar surface area (TPSA) is 9.23 Å². The van der Waals surface area contributed by atoms with Gasteiger partial charge in [-0.05, 0) is 51.0 Å². The molecule has 2 heteroatoms. The number of hydrogen-bond acceptors (Lipinski definition) is 1. The van der Waals surface area contributed by atoms with Crippen LogP contribution in [0, 0.1) is 13.8 Å². The van der Waals surface area contributed by atoms with E-state index < -0.39 is 0 Å². The van der Waals surface area contributed by atoms with E-state index in [1.807, 2.05) is 0 Å². The van der Waals surface area contributed by atoms with Crippen LogP contribution >= 0.6 is 15.9 Å². The lowest BCUT2D eigenvalue weighted by Gasteiger charge is -2.29. The van der Waals surface area contributed by atoms with Crippen molar-refractivity contribution in [1.82, 2.24) is 0 Å². The molecule has 0 radical (unpaired) electrons. The average Bonchev–Trinajstić information content (AvgIpc) is 2.12. The standard InChI is InChI=1S/C13H15BrO/c1-8-7-11-10(9(2)12(8)14)5-6-13(3,4)15-11/h5-7H,1-4H3. The molecule has 0 saturated carbocycles. The summed E-state index contributed by atoms with van der Waals surface area (Å²) < 4.78 is 7.10. The predicted molar refractivity (Wildman–Crippen MR) is 67.4 cm³/mol. The minimum atomic E-state index is -0.195. The van der Waals surface area contributed by atoms with Crippen LogP contribution in [0.1, 0.15) is 30.5 Å². The second-order valence-corrected chi connectivity index (χ2v) is 5.38. The van der Waals surface area contributed by atoms with Gasteiger partial charge < -0.3 is 4.74 Å². The molecule has 0 unspecified atom stereocenters. The van der Waals surface area contributed by atoms with E-state index in [2.05, 4.69) is 61.8 Å². The van der Waals surface area contributed by atoms with Gasteiger partial charge in [-0.15, -0.1) is 0 Å². The minimum absolute atomic E-state index is 0.195. The predicted octanol–water partition coefficient (Wildman–Crippen LogP) is 4.25. The Morgan fingerprint density at radius 1 is 1.27 bits per heavy atom. The Labute approximate surface area is 99.3 Å². The van der Waals surface area contributed by atoms with Gasteiger partial charge in [-0.3, -0.25) is 0 Å². The van der Waals surface area contributed by atoms with Gasteiger partial charge in [-0.2, -0.15) is 0 Å². The molecule has 0 bridgehead atoms. The first kappa shape index (κ1) is 10.7. The van der Waals surface area contributed by atoms with Crippen LogP contribution in [-0.4, -0.2) is 5.60 Å². The number of aryl methyl sites for hydroxylation is 1. The summed E-state index contributed by atoms with van der Waals surface area (Å²) in [5.74, 6) is 0.987. The third-order valence-electron chi connectivity index (χ3n) is 2.72. The Morgan fingerprint density at radius 2 is 1.93 bits per heavy atom. The van der Waals surface area contributed by atoms with Gasteiger partial charge in [-0.1, -0.05) is 22.0 Å². The van der Waals surface area contributed by atoms with Crippen LogP contribution in [0.3, 0.4) is 0 Å². The second kappa shape index (κ2) is 3.38. The monoisotopic (exact) mass is 266 g/mol. The van der Waals surface area contributed by atoms with E-state index in [0.29, 0.717) is 0 Å². The summed E-state index contributed by atoms with van der Waals surface area (Å²) in [7, 11) is 0. The zero-order valence-corrected chi connectivity index (χ0v) is 11.1. The fourth-order valence-electron chi connectivity index (χ4n) is 1.83. The Kier molecular flexibility index (Phi) is 2.42. The van der Waals surface area contributed by atoms with Gasteiger partial charge in [0.1, 0.15) is 11.4 Å². The first-order chi connectivity index (χ1) is 6.91. The lowest BCUT2D eigenvalue weighted by molar-refractivity contribution is 0.159. The first-order valence-corrected chi connectivity index (χ1v) is 5.88. The van der Waals surface area contributed by atoms with Crippen LogP contribution in [0.15, 0.2) is 16.6 Å². The fourth-order valence-corrected chi connectivity index (χ4v) is 2.16. The van der Waals surface area contributed by atoms with Crippen molar-refractivity contribution in [2.45, 2.75) is 33.3 Å². The van der Waals surface area contributed by atoms with Gasteiger partial charge in [0.15, 0.2) is 0 Å². The molecule has 1 aliphatic rings. The number of benzene rings is 1. The molecular weight excluding hydrogens is 252 g/mol. The van der Waals surface area contributed by atoms with Crippen molar-refractivity contribution in [1.29, 1.82) is 0 Å². The van der Waals surface area contributed by atoms with Gasteiger partial charge in [-0.25, -0.2) is 0 Å². The summed E-state index contributed by atoms with van der Waals surface area (Å²) >= 11 is 3.60. The SMILES string of the molecule is Cc1cc2c(c(C)c1Br)C=CC(C)(C)O2. The molecule has 0 atom stereocenters. The molecule has 1 aromatic carbocycles. The Balaban J connectivity index is 2.62. The van der Waals surface area contributed by atoms with Crippen molar-refractivity contribution < 1.29 is 4.74 Å². The Bertz CT molecular complexity index is 444. The van der Waals surface area contributed by atoms with E-state index in [1.165, 1.54) is 21.2 Å². The average molecular weight is 267 g/mol. The summed E-state index contributed by atoms with van der Waals surface area (Å²) in [6, 6.07) is 2.09. The fraction of sp³-hybridized carbons (Fsp3) is 0.385.